The van der Waals surface area contributed by atoms with Crippen LogP contribution in [0.2, 0.25) is 0 Å². The highest BCUT2D eigenvalue weighted by molar-refractivity contribution is 7.19. The molecule has 1 aliphatic rings. The van der Waals surface area contributed by atoms with Gasteiger partial charge < -0.3 is 16.0 Å². The van der Waals surface area contributed by atoms with Crippen molar-refractivity contribution in [1.29, 1.82) is 0 Å². The Morgan fingerprint density at radius 3 is 2.70 bits per heavy atom. The van der Waals surface area contributed by atoms with Gasteiger partial charge in [0.05, 0.1) is 12.5 Å². The first kappa shape index (κ1) is 13.0. The summed E-state index contributed by atoms with van der Waals surface area (Å²) in [7, 11) is 0. The van der Waals surface area contributed by atoms with E-state index in [9.17, 15) is 4.79 Å². The van der Waals surface area contributed by atoms with Crippen molar-refractivity contribution in [3.8, 4) is 0 Å². The van der Waals surface area contributed by atoms with Crippen LogP contribution in [0.25, 0.3) is 0 Å². The van der Waals surface area contributed by atoms with Crippen LogP contribution in [0.5, 0.6) is 0 Å². The average molecular weight is 289 g/mol. The lowest BCUT2D eigenvalue weighted by Gasteiger charge is -2.27. The molecule has 1 amide bonds. The van der Waals surface area contributed by atoms with E-state index in [0.29, 0.717) is 17.6 Å². The fraction of sp³-hybridized carbons (Fsp3) is 0.308. The third-order valence-electron chi connectivity index (χ3n) is 2.99. The highest BCUT2D eigenvalue weighted by Crippen LogP contribution is 2.21. The van der Waals surface area contributed by atoms with Crippen LogP contribution in [0, 0.1) is 0 Å². The van der Waals surface area contributed by atoms with Crippen molar-refractivity contribution in [2.24, 2.45) is 0 Å². The molecule has 0 radical (unpaired) electrons. The maximum absolute atomic E-state index is 11.9. The third kappa shape index (κ3) is 3.31. The summed E-state index contributed by atoms with van der Waals surface area (Å²) in [6.45, 7) is 1.88. The second kappa shape index (κ2) is 5.98. The molecule has 20 heavy (non-hydrogen) atoms. The van der Waals surface area contributed by atoms with Gasteiger partial charge in [-0.25, -0.2) is 0 Å². The highest BCUT2D eigenvalue weighted by Gasteiger charge is 2.18. The van der Waals surface area contributed by atoms with E-state index in [1.165, 1.54) is 11.3 Å². The van der Waals surface area contributed by atoms with Crippen LogP contribution in [-0.4, -0.2) is 35.2 Å². The van der Waals surface area contributed by atoms with Gasteiger partial charge in [0.25, 0.3) is 0 Å². The zero-order valence-electron chi connectivity index (χ0n) is 10.8. The Morgan fingerprint density at radius 1 is 1.25 bits per heavy atom. The van der Waals surface area contributed by atoms with Gasteiger partial charge >= 0.3 is 0 Å². The van der Waals surface area contributed by atoms with Gasteiger partial charge in [0.2, 0.25) is 16.2 Å². The predicted molar refractivity (Wildman–Crippen MR) is 79.0 cm³/mol. The number of aromatic nitrogens is 2. The lowest BCUT2D eigenvalue weighted by Crippen LogP contribution is -2.51. The van der Waals surface area contributed by atoms with Gasteiger partial charge in [-0.3, -0.25) is 4.79 Å². The van der Waals surface area contributed by atoms with Gasteiger partial charge in [-0.2, -0.15) is 0 Å². The van der Waals surface area contributed by atoms with Crippen LogP contribution < -0.4 is 16.0 Å². The molecule has 2 aromatic rings. The Hall–Kier alpha value is -1.99. The van der Waals surface area contributed by atoms with Crippen LogP contribution in [0.3, 0.4) is 0 Å². The maximum Gasteiger partial charge on any atom is 0.230 e. The lowest BCUT2D eigenvalue weighted by atomic mass is 10.1. The first-order valence-corrected chi connectivity index (χ1v) is 7.26. The molecule has 1 saturated heterocycles. The Morgan fingerprint density at radius 2 is 2.00 bits per heavy atom. The first-order chi connectivity index (χ1) is 9.79. The largest absolute Gasteiger partial charge is 0.355 e. The molecular weight excluding hydrogens is 274 g/mol. The predicted octanol–water partition coefficient (Wildman–Crippen LogP) is 1.10. The molecule has 0 saturated carbocycles. The zero-order chi connectivity index (χ0) is 13.8. The molecule has 2 heterocycles. The molecule has 0 aliphatic carbocycles. The lowest BCUT2D eigenvalue weighted by molar-refractivity contribution is -0.115. The minimum absolute atomic E-state index is 0.0794. The monoisotopic (exact) mass is 289 g/mol. The summed E-state index contributed by atoms with van der Waals surface area (Å²) in [4.78, 5) is 11.9. The number of hydrogen-bond donors (Lipinski definition) is 3. The Bertz CT molecular complexity index is 581. The number of nitrogens with one attached hydrogen (secondary N) is 3. The third-order valence-corrected chi connectivity index (χ3v) is 3.76. The molecule has 0 spiro atoms. The molecule has 104 valence electrons. The Kier molecular flexibility index (Phi) is 3.89. The van der Waals surface area contributed by atoms with Crippen molar-refractivity contribution in [3.63, 3.8) is 0 Å². The fourth-order valence-electron chi connectivity index (χ4n) is 1.84. The molecule has 7 heteroatoms. The molecule has 0 atom stereocenters. The summed E-state index contributed by atoms with van der Waals surface area (Å²) >= 11 is 1.36. The standard InChI is InChI=1S/C13H15N5OS/c19-11(6-9-4-2-1-3-5-9)16-13-18-17-12(20-13)15-10-7-14-8-10/h1-5,10,14H,6-8H2,(H,15,17)(H,16,18,19). The van der Waals surface area contributed by atoms with E-state index in [1.54, 1.807) is 0 Å². The minimum atomic E-state index is -0.0794. The normalized spacial score (nSPS) is 14.6. The molecule has 1 fully saturated rings. The quantitative estimate of drug-likeness (QED) is 0.768. The molecule has 3 rings (SSSR count). The number of hydrogen-bond acceptors (Lipinski definition) is 6. The molecular formula is C13H15N5OS. The van der Waals surface area contributed by atoms with Gasteiger partial charge in [0, 0.05) is 13.1 Å². The van der Waals surface area contributed by atoms with Crippen LogP contribution in [0.4, 0.5) is 10.3 Å². The molecule has 3 N–H and O–H groups in total. The number of nitrogens with zero attached hydrogens (tertiary/aromatic N) is 2. The van der Waals surface area contributed by atoms with E-state index >= 15 is 0 Å². The number of carbonyl (C=O) groups excluding carboxylic acids is 1. The minimum Gasteiger partial charge on any atom is -0.355 e. The fourth-order valence-corrected chi connectivity index (χ4v) is 2.58. The summed E-state index contributed by atoms with van der Waals surface area (Å²) in [5.74, 6) is -0.0794. The topological polar surface area (TPSA) is 78.9 Å². The van der Waals surface area contributed by atoms with Crippen molar-refractivity contribution in [1.82, 2.24) is 15.5 Å². The molecule has 1 aliphatic heterocycles. The summed E-state index contributed by atoms with van der Waals surface area (Å²) in [5.41, 5.74) is 0.980. The summed E-state index contributed by atoms with van der Waals surface area (Å²) in [6.07, 6.45) is 0.343. The SMILES string of the molecule is O=C(Cc1ccccc1)Nc1nnc(NC2CNC2)s1. The van der Waals surface area contributed by atoms with Crippen LogP contribution in [0.15, 0.2) is 30.3 Å². The van der Waals surface area contributed by atoms with Gasteiger partial charge in [-0.05, 0) is 5.56 Å². The van der Waals surface area contributed by atoms with Crippen LogP contribution in [0.1, 0.15) is 5.56 Å². The Balaban J connectivity index is 1.53. The van der Waals surface area contributed by atoms with Crippen molar-refractivity contribution in [2.45, 2.75) is 12.5 Å². The number of anilines is 2. The summed E-state index contributed by atoms with van der Waals surface area (Å²) < 4.78 is 0. The van der Waals surface area contributed by atoms with E-state index < -0.39 is 0 Å². The first-order valence-electron chi connectivity index (χ1n) is 6.44. The van der Waals surface area contributed by atoms with E-state index in [-0.39, 0.29) is 5.91 Å². The smallest absolute Gasteiger partial charge is 0.230 e. The van der Waals surface area contributed by atoms with Gasteiger partial charge in [-0.15, -0.1) is 10.2 Å². The summed E-state index contributed by atoms with van der Waals surface area (Å²) in [5, 5.41) is 18.4. The number of benzene rings is 1. The summed E-state index contributed by atoms with van der Waals surface area (Å²) in [6, 6.07) is 10.0. The highest BCUT2D eigenvalue weighted by atomic mass is 32.1. The van der Waals surface area contributed by atoms with Gasteiger partial charge in [-0.1, -0.05) is 41.7 Å². The molecule has 1 aromatic carbocycles. The van der Waals surface area contributed by atoms with Crippen molar-refractivity contribution >= 4 is 27.5 Å². The zero-order valence-corrected chi connectivity index (χ0v) is 11.6. The molecule has 0 unspecified atom stereocenters. The number of carbonyl (C=O) groups is 1. The molecule has 6 nitrogen and oxygen atoms in total. The molecule has 1 aromatic heterocycles. The van der Waals surface area contributed by atoms with E-state index in [4.69, 9.17) is 0 Å². The second-order valence-electron chi connectivity index (χ2n) is 4.62. The number of amides is 1. The van der Waals surface area contributed by atoms with E-state index in [0.717, 1.165) is 23.8 Å². The second-order valence-corrected chi connectivity index (χ2v) is 5.60. The van der Waals surface area contributed by atoms with E-state index in [2.05, 4.69) is 26.1 Å². The molecule has 0 bridgehead atoms. The van der Waals surface area contributed by atoms with E-state index in [1.807, 2.05) is 30.3 Å². The maximum atomic E-state index is 11.9. The van der Waals surface area contributed by atoms with Gasteiger partial charge in [0.15, 0.2) is 0 Å². The van der Waals surface area contributed by atoms with Crippen molar-refractivity contribution in [2.75, 3.05) is 23.7 Å². The number of rotatable bonds is 5. The average Bonchev–Trinajstić information content (AvgIpc) is 2.82. The van der Waals surface area contributed by atoms with Crippen LogP contribution in [-0.2, 0) is 11.2 Å². The Labute approximate surface area is 120 Å². The van der Waals surface area contributed by atoms with Crippen molar-refractivity contribution in [3.05, 3.63) is 35.9 Å². The van der Waals surface area contributed by atoms with Crippen LogP contribution >= 0.6 is 11.3 Å². The van der Waals surface area contributed by atoms with Gasteiger partial charge in [0.1, 0.15) is 0 Å². The van der Waals surface area contributed by atoms with Crippen molar-refractivity contribution < 1.29 is 4.79 Å².